The average Bonchev–Trinajstić information content (AvgIpc) is 2.36. The van der Waals surface area contributed by atoms with E-state index < -0.39 is 17.9 Å². The number of Topliss-reactive ketones (excluding diaryl/α,β-unsaturated/α-hetero) is 1. The van der Waals surface area contributed by atoms with Crippen LogP contribution >= 0.6 is 0 Å². The molecule has 0 N–H and O–H groups in total. The molecule has 5 heteroatoms. The van der Waals surface area contributed by atoms with Crippen LogP contribution in [0.15, 0.2) is 0 Å². The van der Waals surface area contributed by atoms with Crippen molar-refractivity contribution < 1.29 is 23.9 Å². The third-order valence-electron chi connectivity index (χ3n) is 1.99. The van der Waals surface area contributed by atoms with E-state index in [0.29, 0.717) is 0 Å². The molecule has 0 aliphatic heterocycles. The Labute approximate surface area is 112 Å². The first-order valence-electron chi connectivity index (χ1n) is 5.64. The number of carbonyl (C=O) groups excluding carboxylic acids is 3. The molecular formula is C14H16O5. The summed E-state index contributed by atoms with van der Waals surface area (Å²) < 4.78 is 9.54. The Kier molecular flexibility index (Phi) is 8.57. The van der Waals surface area contributed by atoms with E-state index >= 15 is 0 Å². The molecule has 0 saturated heterocycles. The van der Waals surface area contributed by atoms with Gasteiger partial charge in [0.25, 0.3) is 0 Å². The molecule has 0 aromatic rings. The summed E-state index contributed by atoms with van der Waals surface area (Å²) in [5.41, 5.74) is 0. The van der Waals surface area contributed by atoms with E-state index in [9.17, 15) is 14.4 Å². The van der Waals surface area contributed by atoms with Crippen molar-refractivity contribution in [1.29, 1.82) is 0 Å². The van der Waals surface area contributed by atoms with Crippen LogP contribution in [-0.2, 0) is 23.9 Å². The predicted octanol–water partition coefficient (Wildman–Crippen LogP) is 0.715. The van der Waals surface area contributed by atoms with E-state index in [0.717, 1.165) is 0 Å². The van der Waals surface area contributed by atoms with E-state index in [1.54, 1.807) is 13.8 Å². The van der Waals surface area contributed by atoms with Crippen LogP contribution in [0.4, 0.5) is 0 Å². The summed E-state index contributed by atoms with van der Waals surface area (Å²) in [6, 6.07) is 0. The van der Waals surface area contributed by atoms with Gasteiger partial charge in [0.15, 0.2) is 19.1 Å². The molecule has 0 unspecified atom stereocenters. The average molecular weight is 264 g/mol. The van der Waals surface area contributed by atoms with Crippen molar-refractivity contribution in [2.75, 3.05) is 13.2 Å². The fourth-order valence-corrected chi connectivity index (χ4v) is 1.11. The third-order valence-corrected chi connectivity index (χ3v) is 1.99. The Morgan fingerprint density at radius 1 is 0.947 bits per heavy atom. The molecule has 19 heavy (non-hydrogen) atoms. The zero-order valence-corrected chi connectivity index (χ0v) is 11.2. The second-order valence-corrected chi connectivity index (χ2v) is 3.53. The molecule has 0 aliphatic rings. The largest absolute Gasteiger partial charge is 0.452 e. The lowest BCUT2D eigenvalue weighted by Crippen LogP contribution is -2.30. The maximum absolute atomic E-state index is 11.6. The molecule has 0 aromatic heterocycles. The predicted molar refractivity (Wildman–Crippen MR) is 67.6 cm³/mol. The van der Waals surface area contributed by atoms with Crippen molar-refractivity contribution >= 4 is 17.7 Å². The van der Waals surface area contributed by atoms with Crippen molar-refractivity contribution in [3.63, 3.8) is 0 Å². The van der Waals surface area contributed by atoms with Crippen LogP contribution in [0.3, 0.4) is 0 Å². The summed E-state index contributed by atoms with van der Waals surface area (Å²) in [4.78, 5) is 34.3. The Morgan fingerprint density at radius 3 is 1.68 bits per heavy atom. The van der Waals surface area contributed by atoms with Gasteiger partial charge < -0.3 is 9.47 Å². The second kappa shape index (κ2) is 9.73. The lowest BCUT2D eigenvalue weighted by Gasteiger charge is -2.12. The number of esters is 2. The summed E-state index contributed by atoms with van der Waals surface area (Å²) in [6.07, 6.45) is -0.253. The lowest BCUT2D eigenvalue weighted by atomic mass is 10.0. The highest BCUT2D eigenvalue weighted by Crippen LogP contribution is 2.09. The van der Waals surface area contributed by atoms with Gasteiger partial charge in [0.1, 0.15) is 5.78 Å². The van der Waals surface area contributed by atoms with Gasteiger partial charge in [0.05, 0.1) is 0 Å². The number of ether oxygens (including phenoxy) is 2. The number of hydrogen-bond acceptors (Lipinski definition) is 5. The summed E-state index contributed by atoms with van der Waals surface area (Å²) in [7, 11) is 0. The molecule has 0 bridgehead atoms. The molecule has 0 spiro atoms. The van der Waals surface area contributed by atoms with Crippen LogP contribution in [0.2, 0.25) is 0 Å². The third kappa shape index (κ3) is 7.62. The number of carbonyl (C=O) groups is 3. The molecule has 0 fully saturated rings. The van der Waals surface area contributed by atoms with E-state index in [1.807, 2.05) is 0 Å². The zero-order chi connectivity index (χ0) is 14.7. The number of ketones is 1. The van der Waals surface area contributed by atoms with E-state index in [1.165, 1.54) is 6.92 Å². The Morgan fingerprint density at radius 2 is 1.37 bits per heavy atom. The quantitative estimate of drug-likeness (QED) is 0.401. The SMILES string of the molecule is CC#CCOC(=O)C(CC(C)=O)C(=O)OCC#CC. The Hall–Kier alpha value is -2.27. The Bertz CT molecular complexity index is 420. The smallest absolute Gasteiger partial charge is 0.321 e. The fraction of sp³-hybridized carbons (Fsp3) is 0.500. The van der Waals surface area contributed by atoms with Crippen molar-refractivity contribution in [3.8, 4) is 23.7 Å². The number of rotatable bonds is 6. The van der Waals surface area contributed by atoms with Gasteiger partial charge in [-0.2, -0.15) is 0 Å². The minimum absolute atomic E-state index is 0.119. The van der Waals surface area contributed by atoms with Crippen LogP contribution in [0.25, 0.3) is 0 Å². The summed E-state index contributed by atoms with van der Waals surface area (Å²) in [5.74, 6) is 6.96. The molecule has 0 aromatic carbocycles. The highest BCUT2D eigenvalue weighted by Gasteiger charge is 2.30. The van der Waals surface area contributed by atoms with Gasteiger partial charge in [0, 0.05) is 6.42 Å². The molecule has 0 amide bonds. The molecule has 0 rings (SSSR count). The molecule has 102 valence electrons. The molecule has 0 radical (unpaired) electrons. The molecule has 5 nitrogen and oxygen atoms in total. The van der Waals surface area contributed by atoms with Crippen LogP contribution < -0.4 is 0 Å². The van der Waals surface area contributed by atoms with Gasteiger partial charge in [-0.3, -0.25) is 14.4 Å². The van der Waals surface area contributed by atoms with Crippen LogP contribution in [-0.4, -0.2) is 30.9 Å². The van der Waals surface area contributed by atoms with Gasteiger partial charge in [-0.05, 0) is 20.8 Å². The summed E-state index contributed by atoms with van der Waals surface area (Å²) >= 11 is 0. The van der Waals surface area contributed by atoms with Gasteiger partial charge in [-0.1, -0.05) is 11.8 Å². The van der Waals surface area contributed by atoms with Crippen molar-refractivity contribution in [2.24, 2.45) is 5.92 Å². The molecule has 0 heterocycles. The van der Waals surface area contributed by atoms with Crippen LogP contribution in [0, 0.1) is 29.6 Å². The van der Waals surface area contributed by atoms with Crippen LogP contribution in [0.5, 0.6) is 0 Å². The molecule has 0 atom stereocenters. The normalized spacial score (nSPS) is 8.63. The fourth-order valence-electron chi connectivity index (χ4n) is 1.11. The maximum atomic E-state index is 11.6. The summed E-state index contributed by atoms with van der Waals surface area (Å²) in [5, 5.41) is 0. The van der Waals surface area contributed by atoms with Crippen molar-refractivity contribution in [2.45, 2.75) is 27.2 Å². The van der Waals surface area contributed by atoms with E-state index in [2.05, 4.69) is 23.7 Å². The minimum atomic E-state index is -1.25. The number of hydrogen-bond donors (Lipinski definition) is 0. The van der Waals surface area contributed by atoms with Crippen LogP contribution in [0.1, 0.15) is 27.2 Å². The first-order valence-corrected chi connectivity index (χ1v) is 5.64. The zero-order valence-electron chi connectivity index (χ0n) is 11.2. The highest BCUT2D eigenvalue weighted by atomic mass is 16.6. The van der Waals surface area contributed by atoms with Crippen molar-refractivity contribution in [1.82, 2.24) is 0 Å². The topological polar surface area (TPSA) is 69.7 Å². The molecular weight excluding hydrogens is 248 g/mol. The van der Waals surface area contributed by atoms with Crippen molar-refractivity contribution in [3.05, 3.63) is 0 Å². The van der Waals surface area contributed by atoms with Gasteiger partial charge in [-0.25, -0.2) is 0 Å². The lowest BCUT2D eigenvalue weighted by molar-refractivity contribution is -0.162. The minimum Gasteiger partial charge on any atom is -0.452 e. The van der Waals surface area contributed by atoms with Gasteiger partial charge in [-0.15, -0.1) is 11.8 Å². The standard InChI is InChI=1S/C14H16O5/c1-4-6-8-18-13(16)12(10-11(3)15)14(17)19-9-7-5-2/h12H,8-10H2,1-3H3. The molecule has 0 aliphatic carbocycles. The highest BCUT2D eigenvalue weighted by molar-refractivity contribution is 5.98. The van der Waals surface area contributed by atoms with E-state index in [4.69, 9.17) is 9.47 Å². The van der Waals surface area contributed by atoms with Gasteiger partial charge in [0.2, 0.25) is 0 Å². The van der Waals surface area contributed by atoms with Gasteiger partial charge >= 0.3 is 11.9 Å². The molecule has 0 saturated carbocycles. The first-order chi connectivity index (χ1) is 9.02. The second-order valence-electron chi connectivity index (χ2n) is 3.53. The Balaban J connectivity index is 4.60. The first kappa shape index (κ1) is 16.7. The summed E-state index contributed by atoms with van der Waals surface area (Å²) in [6.45, 7) is 4.24. The van der Waals surface area contributed by atoms with E-state index in [-0.39, 0.29) is 25.4 Å². The maximum Gasteiger partial charge on any atom is 0.321 e. The monoisotopic (exact) mass is 264 g/mol.